The third kappa shape index (κ3) is 3.70. The summed E-state index contributed by atoms with van der Waals surface area (Å²) in [5, 5.41) is 7.08. The molecule has 1 aromatic carbocycles. The van der Waals surface area contributed by atoms with Crippen molar-refractivity contribution in [2.75, 3.05) is 13.1 Å². The van der Waals surface area contributed by atoms with Gasteiger partial charge in [-0.15, -0.1) is 0 Å². The number of urea groups is 1. The van der Waals surface area contributed by atoms with Crippen molar-refractivity contribution in [3.63, 3.8) is 0 Å². The molecule has 1 aliphatic heterocycles. The number of piperidine rings is 1. The lowest BCUT2D eigenvalue weighted by atomic mass is 9.91. The Bertz CT molecular complexity index is 639. The van der Waals surface area contributed by atoms with Crippen molar-refractivity contribution in [2.45, 2.75) is 38.8 Å². The maximum atomic E-state index is 12.4. The first kappa shape index (κ1) is 15.5. The predicted octanol–water partition coefficient (Wildman–Crippen LogP) is 2.39. The number of nitrogens with zero attached hydrogens (tertiary/aromatic N) is 4. The van der Waals surface area contributed by atoms with Crippen molar-refractivity contribution in [1.29, 1.82) is 0 Å². The predicted molar refractivity (Wildman–Crippen MR) is 87.9 cm³/mol. The number of carbonyl (C=O) groups is 1. The minimum atomic E-state index is -0.0173. The summed E-state index contributed by atoms with van der Waals surface area (Å²) >= 11 is 0. The molecule has 2 amide bonds. The average Bonchev–Trinajstić information content (AvgIpc) is 3.08. The molecule has 0 bridgehead atoms. The minimum absolute atomic E-state index is 0.0173. The molecule has 1 saturated heterocycles. The van der Waals surface area contributed by atoms with Gasteiger partial charge in [0.05, 0.1) is 6.54 Å². The van der Waals surface area contributed by atoms with Crippen LogP contribution >= 0.6 is 0 Å². The van der Waals surface area contributed by atoms with Gasteiger partial charge in [-0.3, -0.25) is 0 Å². The van der Waals surface area contributed by atoms with E-state index in [0.717, 1.165) is 38.3 Å². The van der Waals surface area contributed by atoms with Crippen molar-refractivity contribution in [2.24, 2.45) is 0 Å². The number of hydrogen-bond acceptors (Lipinski definition) is 3. The first-order chi connectivity index (χ1) is 11.3. The number of aryl methyl sites for hydroxylation is 1. The topological polar surface area (TPSA) is 63.1 Å². The van der Waals surface area contributed by atoms with E-state index in [-0.39, 0.29) is 6.03 Å². The van der Waals surface area contributed by atoms with E-state index < -0.39 is 0 Å². The van der Waals surface area contributed by atoms with Crippen LogP contribution in [0.3, 0.4) is 0 Å². The van der Waals surface area contributed by atoms with Gasteiger partial charge < -0.3 is 10.2 Å². The highest BCUT2D eigenvalue weighted by Gasteiger charge is 2.24. The quantitative estimate of drug-likeness (QED) is 0.942. The first-order valence-corrected chi connectivity index (χ1v) is 8.22. The number of rotatable bonds is 4. The van der Waals surface area contributed by atoms with E-state index in [1.165, 1.54) is 11.9 Å². The fourth-order valence-corrected chi connectivity index (χ4v) is 3.11. The zero-order valence-corrected chi connectivity index (χ0v) is 13.5. The largest absolute Gasteiger partial charge is 0.331 e. The van der Waals surface area contributed by atoms with Crippen LogP contribution in [0.1, 0.15) is 37.1 Å². The Hall–Kier alpha value is -2.37. The lowest BCUT2D eigenvalue weighted by molar-refractivity contribution is 0.179. The molecule has 1 fully saturated rings. The second-order valence-electron chi connectivity index (χ2n) is 5.85. The maximum Gasteiger partial charge on any atom is 0.317 e. The van der Waals surface area contributed by atoms with Gasteiger partial charge in [0.25, 0.3) is 0 Å². The molecule has 122 valence electrons. The number of amides is 2. The monoisotopic (exact) mass is 313 g/mol. The molecule has 1 N–H and O–H groups in total. The summed E-state index contributed by atoms with van der Waals surface area (Å²) in [5.74, 6) is 1.22. The molecular weight excluding hydrogens is 290 g/mol. The second kappa shape index (κ2) is 7.26. The molecule has 1 atom stereocenters. The Labute approximate surface area is 136 Å². The summed E-state index contributed by atoms with van der Waals surface area (Å²) < 4.78 is 1.79. The van der Waals surface area contributed by atoms with E-state index in [1.54, 1.807) is 4.68 Å². The van der Waals surface area contributed by atoms with Crippen molar-refractivity contribution >= 4 is 6.03 Å². The highest BCUT2D eigenvalue weighted by molar-refractivity contribution is 5.74. The number of nitrogens with one attached hydrogen (secondary N) is 1. The van der Waals surface area contributed by atoms with Crippen molar-refractivity contribution < 1.29 is 4.79 Å². The minimum Gasteiger partial charge on any atom is -0.331 e. The Morgan fingerprint density at radius 1 is 1.35 bits per heavy atom. The van der Waals surface area contributed by atoms with Crippen molar-refractivity contribution in [3.8, 4) is 0 Å². The molecule has 6 heteroatoms. The smallest absolute Gasteiger partial charge is 0.317 e. The molecule has 0 radical (unpaired) electrons. The molecule has 0 saturated carbocycles. The molecule has 2 heterocycles. The average molecular weight is 313 g/mol. The van der Waals surface area contributed by atoms with Crippen LogP contribution in [0, 0.1) is 0 Å². The van der Waals surface area contributed by atoms with Crippen LogP contribution in [0.2, 0.25) is 0 Å². The second-order valence-corrected chi connectivity index (χ2v) is 5.85. The van der Waals surface area contributed by atoms with E-state index in [1.807, 2.05) is 17.9 Å². The number of hydrogen-bond donors (Lipinski definition) is 1. The molecule has 0 spiro atoms. The number of aromatic nitrogens is 3. The van der Waals surface area contributed by atoms with Crippen LogP contribution in [0.15, 0.2) is 36.7 Å². The van der Waals surface area contributed by atoms with Crippen molar-refractivity contribution in [1.82, 2.24) is 25.0 Å². The molecule has 2 aromatic rings. The summed E-state index contributed by atoms with van der Waals surface area (Å²) in [5.41, 5.74) is 1.32. The SMILES string of the molecule is CCn1ncnc1CNC(=O)N1CCCC(c2ccccc2)C1. The summed E-state index contributed by atoms with van der Waals surface area (Å²) in [7, 11) is 0. The molecule has 1 aromatic heterocycles. The Morgan fingerprint density at radius 3 is 2.96 bits per heavy atom. The van der Waals surface area contributed by atoms with Crippen LogP contribution in [0.4, 0.5) is 4.79 Å². The Morgan fingerprint density at radius 2 is 2.17 bits per heavy atom. The van der Waals surface area contributed by atoms with Crippen LogP contribution < -0.4 is 5.32 Å². The summed E-state index contributed by atoms with van der Waals surface area (Å²) in [6.07, 6.45) is 3.70. The van der Waals surface area contributed by atoms with Gasteiger partial charge >= 0.3 is 6.03 Å². The summed E-state index contributed by atoms with van der Waals surface area (Å²) in [6, 6.07) is 10.4. The van der Waals surface area contributed by atoms with Crippen LogP contribution in [0.5, 0.6) is 0 Å². The standard InChI is InChI=1S/C17H23N5O/c1-2-22-16(19-13-20-22)11-18-17(23)21-10-6-9-15(12-21)14-7-4-3-5-8-14/h3-5,7-8,13,15H,2,6,9-12H2,1H3,(H,18,23). The lowest BCUT2D eigenvalue weighted by Gasteiger charge is -2.33. The van der Waals surface area contributed by atoms with E-state index in [0.29, 0.717) is 12.5 Å². The first-order valence-electron chi connectivity index (χ1n) is 8.22. The van der Waals surface area contributed by atoms with Gasteiger partial charge in [0, 0.05) is 25.6 Å². The van der Waals surface area contributed by atoms with Gasteiger partial charge in [0.15, 0.2) is 0 Å². The van der Waals surface area contributed by atoms with E-state index >= 15 is 0 Å². The molecule has 1 unspecified atom stereocenters. The van der Waals surface area contributed by atoms with Gasteiger partial charge in [-0.25, -0.2) is 14.5 Å². The highest BCUT2D eigenvalue weighted by atomic mass is 16.2. The molecule has 1 aliphatic rings. The number of likely N-dealkylation sites (tertiary alicyclic amines) is 1. The summed E-state index contributed by atoms with van der Waals surface area (Å²) in [6.45, 7) is 4.77. The molecule has 23 heavy (non-hydrogen) atoms. The molecule has 0 aliphatic carbocycles. The van der Waals surface area contributed by atoms with Crippen molar-refractivity contribution in [3.05, 3.63) is 48.0 Å². The van der Waals surface area contributed by atoms with E-state index in [4.69, 9.17) is 0 Å². The zero-order chi connectivity index (χ0) is 16.1. The third-order valence-corrected chi connectivity index (χ3v) is 4.37. The van der Waals surface area contributed by atoms with Gasteiger partial charge in [0.2, 0.25) is 0 Å². The molecular formula is C17H23N5O. The third-order valence-electron chi connectivity index (χ3n) is 4.37. The fraction of sp³-hybridized carbons (Fsp3) is 0.471. The molecule has 3 rings (SSSR count). The summed E-state index contributed by atoms with van der Waals surface area (Å²) in [4.78, 5) is 18.5. The van der Waals surface area contributed by atoms with Gasteiger partial charge in [-0.2, -0.15) is 5.10 Å². The number of benzene rings is 1. The maximum absolute atomic E-state index is 12.4. The molecule has 6 nitrogen and oxygen atoms in total. The zero-order valence-electron chi connectivity index (χ0n) is 13.5. The van der Waals surface area contributed by atoms with Gasteiger partial charge in [-0.1, -0.05) is 30.3 Å². The van der Waals surface area contributed by atoms with E-state index in [2.05, 4.69) is 39.7 Å². The van der Waals surface area contributed by atoms with Crippen LogP contribution in [-0.4, -0.2) is 38.8 Å². The van der Waals surface area contributed by atoms with Gasteiger partial charge in [0.1, 0.15) is 12.2 Å². The number of carbonyl (C=O) groups excluding carboxylic acids is 1. The highest BCUT2D eigenvalue weighted by Crippen LogP contribution is 2.26. The van der Waals surface area contributed by atoms with Crippen LogP contribution in [-0.2, 0) is 13.1 Å². The fourth-order valence-electron chi connectivity index (χ4n) is 3.11. The van der Waals surface area contributed by atoms with E-state index in [9.17, 15) is 4.79 Å². The Kier molecular flexibility index (Phi) is 4.90. The Balaban J connectivity index is 1.57. The normalized spacial score (nSPS) is 18.0. The lowest BCUT2D eigenvalue weighted by Crippen LogP contribution is -2.44. The van der Waals surface area contributed by atoms with Crippen LogP contribution in [0.25, 0.3) is 0 Å². The van der Waals surface area contributed by atoms with Gasteiger partial charge in [-0.05, 0) is 25.3 Å².